The Morgan fingerprint density at radius 1 is 1.12 bits per heavy atom. The highest BCUT2D eigenvalue weighted by atomic mass is 16.5. The van der Waals surface area contributed by atoms with E-state index < -0.39 is 5.92 Å². The normalized spacial score (nSPS) is 26.6. The average Bonchev–Trinajstić information content (AvgIpc) is 2.29. The zero-order valence-electron chi connectivity index (χ0n) is 11.4. The molecule has 0 heterocycles. The summed E-state index contributed by atoms with van der Waals surface area (Å²) in [5.41, 5.74) is 0. The van der Waals surface area contributed by atoms with Gasteiger partial charge in [-0.1, -0.05) is 33.6 Å². The van der Waals surface area contributed by atoms with Crippen LogP contribution in [-0.2, 0) is 14.3 Å². The molecule has 0 radical (unpaired) electrons. The molecule has 0 amide bonds. The Balaban J connectivity index is 2.68. The molecule has 1 saturated carbocycles. The summed E-state index contributed by atoms with van der Waals surface area (Å²) in [5.74, 6) is -0.0394. The van der Waals surface area contributed by atoms with Crippen LogP contribution in [-0.4, -0.2) is 18.9 Å². The van der Waals surface area contributed by atoms with Crippen LogP contribution in [0.5, 0.6) is 0 Å². The van der Waals surface area contributed by atoms with Crippen molar-refractivity contribution in [3.63, 3.8) is 0 Å². The molecule has 1 atom stereocenters. The van der Waals surface area contributed by atoms with Gasteiger partial charge in [-0.15, -0.1) is 0 Å². The van der Waals surface area contributed by atoms with Gasteiger partial charge in [0.25, 0.3) is 0 Å². The molecular formula is C14H24O3. The predicted octanol–water partition coefficient (Wildman–Crippen LogP) is 2.83. The molecule has 1 aliphatic rings. The maximum atomic E-state index is 12.3. The summed E-state index contributed by atoms with van der Waals surface area (Å²) in [7, 11) is 1.36. The van der Waals surface area contributed by atoms with Crippen molar-refractivity contribution >= 4 is 11.8 Å². The van der Waals surface area contributed by atoms with Crippen LogP contribution in [0.2, 0.25) is 0 Å². The number of ketones is 1. The van der Waals surface area contributed by atoms with Crippen LogP contribution in [0.3, 0.4) is 0 Å². The topological polar surface area (TPSA) is 43.4 Å². The minimum absolute atomic E-state index is 0.0225. The van der Waals surface area contributed by atoms with Gasteiger partial charge in [0, 0.05) is 5.92 Å². The largest absolute Gasteiger partial charge is 0.468 e. The van der Waals surface area contributed by atoms with E-state index >= 15 is 0 Å². The lowest BCUT2D eigenvalue weighted by atomic mass is 9.75. The minimum atomic E-state index is -0.571. The SMILES string of the molecule is COC(=O)C(C(=O)C1CCC(C)CC1)C(C)C. The number of carbonyl (C=O) groups excluding carboxylic acids is 2. The van der Waals surface area contributed by atoms with E-state index in [1.807, 2.05) is 13.8 Å². The minimum Gasteiger partial charge on any atom is -0.468 e. The van der Waals surface area contributed by atoms with Crippen molar-refractivity contribution in [3.8, 4) is 0 Å². The molecule has 1 rings (SSSR count). The molecule has 0 aromatic rings. The molecule has 1 aliphatic carbocycles. The van der Waals surface area contributed by atoms with E-state index in [1.54, 1.807) is 0 Å². The Morgan fingerprint density at radius 3 is 2.06 bits per heavy atom. The van der Waals surface area contributed by atoms with Gasteiger partial charge in [0.15, 0.2) is 0 Å². The number of rotatable bonds is 4. The summed E-state index contributed by atoms with van der Waals surface area (Å²) in [6.45, 7) is 6.04. The molecule has 3 heteroatoms. The van der Waals surface area contributed by atoms with Crippen LogP contribution >= 0.6 is 0 Å². The summed E-state index contributed by atoms with van der Waals surface area (Å²) >= 11 is 0. The van der Waals surface area contributed by atoms with Gasteiger partial charge in [-0.25, -0.2) is 0 Å². The molecule has 17 heavy (non-hydrogen) atoms. The Hall–Kier alpha value is -0.860. The number of hydrogen-bond acceptors (Lipinski definition) is 3. The smallest absolute Gasteiger partial charge is 0.316 e. The number of esters is 1. The Kier molecular flexibility index (Phi) is 5.16. The zero-order valence-corrected chi connectivity index (χ0v) is 11.4. The standard InChI is InChI=1S/C14H24O3/c1-9(2)12(14(16)17-4)13(15)11-7-5-10(3)6-8-11/h9-12H,5-8H2,1-4H3. The Labute approximate surface area is 104 Å². The second-order valence-corrected chi connectivity index (χ2v) is 5.60. The summed E-state index contributed by atoms with van der Waals surface area (Å²) in [5, 5.41) is 0. The first-order chi connectivity index (χ1) is 7.97. The lowest BCUT2D eigenvalue weighted by Crippen LogP contribution is -2.35. The molecule has 1 fully saturated rings. The highest BCUT2D eigenvalue weighted by molar-refractivity contribution is 6.00. The molecule has 3 nitrogen and oxygen atoms in total. The summed E-state index contributed by atoms with van der Waals surface area (Å²) < 4.78 is 4.75. The fourth-order valence-electron chi connectivity index (χ4n) is 2.64. The van der Waals surface area contributed by atoms with Crippen molar-refractivity contribution in [2.75, 3.05) is 7.11 Å². The molecular weight excluding hydrogens is 216 g/mol. The predicted molar refractivity (Wildman–Crippen MR) is 66.5 cm³/mol. The van der Waals surface area contributed by atoms with E-state index in [0.717, 1.165) is 31.6 Å². The van der Waals surface area contributed by atoms with E-state index in [-0.39, 0.29) is 23.6 Å². The van der Waals surface area contributed by atoms with Crippen molar-refractivity contribution < 1.29 is 14.3 Å². The average molecular weight is 240 g/mol. The zero-order chi connectivity index (χ0) is 13.0. The fourth-order valence-corrected chi connectivity index (χ4v) is 2.64. The first kappa shape index (κ1) is 14.2. The van der Waals surface area contributed by atoms with Crippen LogP contribution in [0.15, 0.2) is 0 Å². The van der Waals surface area contributed by atoms with Crippen LogP contribution in [0, 0.1) is 23.7 Å². The van der Waals surface area contributed by atoms with E-state index in [0.29, 0.717) is 0 Å². The maximum absolute atomic E-state index is 12.3. The molecule has 0 N–H and O–H groups in total. The molecule has 1 unspecified atom stereocenters. The number of hydrogen-bond donors (Lipinski definition) is 0. The van der Waals surface area contributed by atoms with Crippen molar-refractivity contribution in [1.82, 2.24) is 0 Å². The molecule has 0 aliphatic heterocycles. The van der Waals surface area contributed by atoms with E-state index in [2.05, 4.69) is 6.92 Å². The van der Waals surface area contributed by atoms with Gasteiger partial charge >= 0.3 is 5.97 Å². The van der Waals surface area contributed by atoms with Gasteiger partial charge in [0.2, 0.25) is 0 Å². The van der Waals surface area contributed by atoms with Crippen LogP contribution < -0.4 is 0 Å². The molecule has 0 bridgehead atoms. The molecule has 98 valence electrons. The van der Waals surface area contributed by atoms with Crippen LogP contribution in [0.25, 0.3) is 0 Å². The molecule has 0 aromatic heterocycles. The van der Waals surface area contributed by atoms with Crippen LogP contribution in [0.4, 0.5) is 0 Å². The van der Waals surface area contributed by atoms with Gasteiger partial charge in [-0.05, 0) is 24.7 Å². The number of ether oxygens (including phenoxy) is 1. The van der Waals surface area contributed by atoms with E-state index in [9.17, 15) is 9.59 Å². The fraction of sp³-hybridized carbons (Fsp3) is 0.857. The second kappa shape index (κ2) is 6.18. The van der Waals surface area contributed by atoms with Gasteiger partial charge in [-0.3, -0.25) is 9.59 Å². The number of carbonyl (C=O) groups is 2. The van der Waals surface area contributed by atoms with Gasteiger partial charge < -0.3 is 4.74 Å². The second-order valence-electron chi connectivity index (χ2n) is 5.60. The number of Topliss-reactive ketones (excluding diaryl/α,β-unsaturated/α-hetero) is 1. The van der Waals surface area contributed by atoms with E-state index in [1.165, 1.54) is 7.11 Å². The third kappa shape index (κ3) is 3.55. The maximum Gasteiger partial charge on any atom is 0.316 e. The Bertz CT molecular complexity index is 275. The molecule has 0 spiro atoms. The molecule has 0 aromatic carbocycles. The van der Waals surface area contributed by atoms with Gasteiger partial charge in [0.05, 0.1) is 7.11 Å². The molecule has 0 saturated heterocycles. The van der Waals surface area contributed by atoms with E-state index in [4.69, 9.17) is 4.74 Å². The summed E-state index contributed by atoms with van der Waals surface area (Å²) in [6, 6.07) is 0. The van der Waals surface area contributed by atoms with Crippen molar-refractivity contribution in [3.05, 3.63) is 0 Å². The Morgan fingerprint density at radius 2 is 1.65 bits per heavy atom. The van der Waals surface area contributed by atoms with Gasteiger partial charge in [-0.2, -0.15) is 0 Å². The lowest BCUT2D eigenvalue weighted by molar-refractivity contribution is -0.152. The monoisotopic (exact) mass is 240 g/mol. The highest BCUT2D eigenvalue weighted by Gasteiger charge is 2.36. The van der Waals surface area contributed by atoms with Crippen molar-refractivity contribution in [2.24, 2.45) is 23.7 Å². The first-order valence-corrected chi connectivity index (χ1v) is 6.59. The third-order valence-electron chi connectivity index (χ3n) is 3.85. The van der Waals surface area contributed by atoms with Crippen molar-refractivity contribution in [2.45, 2.75) is 46.5 Å². The van der Waals surface area contributed by atoms with Crippen LogP contribution in [0.1, 0.15) is 46.5 Å². The summed E-state index contributed by atoms with van der Waals surface area (Å²) in [4.78, 5) is 24.0. The quantitative estimate of drug-likeness (QED) is 0.560. The van der Waals surface area contributed by atoms with Crippen molar-refractivity contribution in [1.29, 1.82) is 0 Å². The van der Waals surface area contributed by atoms with Gasteiger partial charge in [0.1, 0.15) is 11.7 Å². The third-order valence-corrected chi connectivity index (χ3v) is 3.85. The highest BCUT2D eigenvalue weighted by Crippen LogP contribution is 2.32. The summed E-state index contributed by atoms with van der Waals surface area (Å²) in [6.07, 6.45) is 4.06. The lowest BCUT2D eigenvalue weighted by Gasteiger charge is -2.28. The first-order valence-electron chi connectivity index (χ1n) is 6.59. The number of methoxy groups -OCH3 is 1.